The molecule has 278 valence electrons. The lowest BCUT2D eigenvalue weighted by atomic mass is 9.95. The number of carbonyl (C=O) groups excluding carboxylic acids is 5. The van der Waals surface area contributed by atoms with Crippen molar-refractivity contribution >= 4 is 52.5 Å². The Bertz CT molecular complexity index is 1950. The Morgan fingerprint density at radius 3 is 2.47 bits per heavy atom. The van der Waals surface area contributed by atoms with Gasteiger partial charge < -0.3 is 31.1 Å². The number of anilines is 4. The number of imide groups is 2. The van der Waals surface area contributed by atoms with Crippen LogP contribution in [0.2, 0.25) is 0 Å². The van der Waals surface area contributed by atoms with Crippen molar-refractivity contribution in [2.45, 2.75) is 56.7 Å². The van der Waals surface area contributed by atoms with E-state index in [1.54, 1.807) is 35.4 Å². The van der Waals surface area contributed by atoms with Gasteiger partial charge in [0.2, 0.25) is 11.8 Å². The minimum Gasteiger partial charge on any atom is -0.371 e. The maximum Gasteiger partial charge on any atom is 0.271 e. The van der Waals surface area contributed by atoms with Gasteiger partial charge in [-0.05, 0) is 63.4 Å². The fraction of sp³-hybridized carbons (Fsp3) is 0.500. The largest absolute Gasteiger partial charge is 0.371 e. The zero-order valence-electron chi connectivity index (χ0n) is 29.7. The van der Waals surface area contributed by atoms with Crippen molar-refractivity contribution in [3.05, 3.63) is 53.6 Å². The van der Waals surface area contributed by atoms with E-state index in [0.29, 0.717) is 46.5 Å². The average molecular weight is 725 g/mol. The molecular weight excluding hydrogens is 680 g/mol. The van der Waals surface area contributed by atoms with Crippen LogP contribution in [0.4, 0.5) is 23.0 Å². The van der Waals surface area contributed by atoms with Crippen molar-refractivity contribution in [3.8, 4) is 0 Å². The van der Waals surface area contributed by atoms with Gasteiger partial charge in [0, 0.05) is 76.1 Å². The lowest BCUT2D eigenvalue weighted by molar-refractivity contribution is -0.136. The highest BCUT2D eigenvalue weighted by molar-refractivity contribution is 6.23. The molecule has 1 unspecified atom stereocenters. The molecule has 5 amide bonds. The monoisotopic (exact) mass is 724 g/mol. The van der Waals surface area contributed by atoms with Crippen LogP contribution in [0.3, 0.4) is 0 Å². The van der Waals surface area contributed by atoms with E-state index in [1.165, 1.54) is 0 Å². The number of aryl methyl sites for hydroxylation is 1. The van der Waals surface area contributed by atoms with E-state index in [0.717, 1.165) is 82.1 Å². The molecule has 2 atom stereocenters. The third-order valence-electron chi connectivity index (χ3n) is 11.0. The standard InChI is InChI=1S/C36H44N12O5/c1-44-19-24(14-39-44)41-33-31(32(37)50)38-15-29(42-33)46-10-2-3-23(20-46)40-22-8-11-45(12-9-22)16-21-17-47(18-21)25-4-5-26-27(13-25)36(53)48(35(26)52)28-6-7-30(49)43-34(28)51/h4-5,13-15,19,21-23,28,40H,2-3,6-12,16-18,20H2,1H3,(H2,37,50)(H,41,42)(H,43,49,51)/t23-,28?/m1/s1. The number of fused-ring (bicyclic) bond motifs is 1. The molecule has 0 bridgehead atoms. The summed E-state index contributed by atoms with van der Waals surface area (Å²) < 4.78 is 1.66. The molecule has 0 saturated carbocycles. The summed E-state index contributed by atoms with van der Waals surface area (Å²) in [6.45, 7) is 6.47. The van der Waals surface area contributed by atoms with Crippen molar-refractivity contribution in [3.63, 3.8) is 0 Å². The van der Waals surface area contributed by atoms with Crippen molar-refractivity contribution in [2.24, 2.45) is 18.7 Å². The second-order valence-electron chi connectivity index (χ2n) is 14.8. The number of likely N-dealkylation sites (tertiary alicyclic amines) is 1. The molecule has 5 aliphatic heterocycles. The Balaban J connectivity index is 0.799. The van der Waals surface area contributed by atoms with Crippen LogP contribution in [-0.4, -0.2) is 123 Å². The molecule has 0 spiro atoms. The smallest absolute Gasteiger partial charge is 0.271 e. The van der Waals surface area contributed by atoms with Gasteiger partial charge in [-0.3, -0.25) is 38.9 Å². The first-order valence-corrected chi connectivity index (χ1v) is 18.4. The van der Waals surface area contributed by atoms with Gasteiger partial charge in [0.1, 0.15) is 11.9 Å². The van der Waals surface area contributed by atoms with E-state index >= 15 is 0 Å². The average Bonchev–Trinajstić information content (AvgIpc) is 3.65. The molecule has 7 heterocycles. The van der Waals surface area contributed by atoms with Crippen LogP contribution in [-0.2, 0) is 16.6 Å². The molecule has 4 saturated heterocycles. The highest BCUT2D eigenvalue weighted by Gasteiger charge is 2.45. The number of benzene rings is 1. The second-order valence-corrected chi connectivity index (χ2v) is 14.8. The Kier molecular flexibility index (Phi) is 9.28. The molecule has 4 fully saturated rings. The van der Waals surface area contributed by atoms with Crippen molar-refractivity contribution in [2.75, 3.05) is 60.9 Å². The van der Waals surface area contributed by atoms with Gasteiger partial charge >= 0.3 is 0 Å². The first kappa shape index (κ1) is 34.7. The molecule has 17 heteroatoms. The molecule has 1 aromatic carbocycles. The van der Waals surface area contributed by atoms with E-state index in [9.17, 15) is 24.0 Å². The third-order valence-corrected chi connectivity index (χ3v) is 11.0. The number of nitrogens with two attached hydrogens (primary N) is 1. The normalized spacial score (nSPS) is 22.9. The van der Waals surface area contributed by atoms with E-state index in [4.69, 9.17) is 10.7 Å². The van der Waals surface area contributed by atoms with Gasteiger partial charge in [0.15, 0.2) is 11.5 Å². The number of hydrogen-bond acceptors (Lipinski definition) is 13. The van der Waals surface area contributed by atoms with Crippen LogP contribution < -0.4 is 31.5 Å². The fourth-order valence-corrected chi connectivity index (χ4v) is 8.28. The van der Waals surface area contributed by atoms with Crippen molar-refractivity contribution in [1.29, 1.82) is 0 Å². The number of aromatic nitrogens is 4. The maximum atomic E-state index is 13.3. The number of nitrogens with one attached hydrogen (secondary N) is 3. The van der Waals surface area contributed by atoms with Gasteiger partial charge in [-0.15, -0.1) is 0 Å². The minimum atomic E-state index is -0.966. The second kappa shape index (κ2) is 14.2. The highest BCUT2D eigenvalue weighted by atomic mass is 16.2. The Morgan fingerprint density at radius 1 is 0.943 bits per heavy atom. The highest BCUT2D eigenvalue weighted by Crippen LogP contribution is 2.33. The molecule has 0 aliphatic carbocycles. The van der Waals surface area contributed by atoms with Crippen LogP contribution in [0.25, 0.3) is 0 Å². The Morgan fingerprint density at radius 2 is 1.74 bits per heavy atom. The lowest BCUT2D eigenvalue weighted by Crippen LogP contribution is -2.55. The molecule has 8 rings (SSSR count). The summed E-state index contributed by atoms with van der Waals surface area (Å²) in [6.07, 6.45) is 9.55. The van der Waals surface area contributed by atoms with Gasteiger partial charge in [-0.2, -0.15) is 5.10 Å². The van der Waals surface area contributed by atoms with Crippen molar-refractivity contribution < 1.29 is 24.0 Å². The predicted molar refractivity (Wildman–Crippen MR) is 194 cm³/mol. The fourth-order valence-electron chi connectivity index (χ4n) is 8.28. The number of rotatable bonds is 10. The Hall–Kier alpha value is -5.42. The number of piperidine rings is 3. The zero-order valence-corrected chi connectivity index (χ0v) is 29.7. The number of hydrogen-bond donors (Lipinski definition) is 4. The summed E-state index contributed by atoms with van der Waals surface area (Å²) in [7, 11) is 1.81. The topological polar surface area (TPSA) is 204 Å². The van der Waals surface area contributed by atoms with Crippen LogP contribution in [0.5, 0.6) is 0 Å². The molecule has 2 aromatic heterocycles. The predicted octanol–water partition coefficient (Wildman–Crippen LogP) is 0.613. The summed E-state index contributed by atoms with van der Waals surface area (Å²) in [5.74, 6) is -1.08. The number of amides is 5. The van der Waals surface area contributed by atoms with Gasteiger partial charge in [0.25, 0.3) is 17.7 Å². The van der Waals surface area contributed by atoms with Crippen molar-refractivity contribution in [1.82, 2.24) is 40.2 Å². The maximum absolute atomic E-state index is 13.3. The SMILES string of the molecule is Cn1cc(Nc2nc(N3CCC[C@@H](NC4CCN(CC5CN(c6ccc7c(c6)C(=O)N(C6CCC(=O)NC6=O)C7=O)C5)CC4)C3)cnc2C(N)=O)cn1. The van der Waals surface area contributed by atoms with Gasteiger partial charge in [-0.1, -0.05) is 0 Å². The van der Waals surface area contributed by atoms with E-state index < -0.39 is 29.7 Å². The molecule has 0 radical (unpaired) electrons. The molecule has 5 aliphatic rings. The van der Waals surface area contributed by atoms with E-state index in [-0.39, 0.29) is 24.4 Å². The number of nitrogens with zero attached hydrogens (tertiary/aromatic N) is 8. The quantitative estimate of drug-likeness (QED) is 0.212. The number of carbonyl (C=O) groups is 5. The van der Waals surface area contributed by atoms with Crippen LogP contribution >= 0.6 is 0 Å². The summed E-state index contributed by atoms with van der Waals surface area (Å²) in [6, 6.07) is 5.11. The van der Waals surface area contributed by atoms with E-state index in [1.807, 2.05) is 13.1 Å². The Labute approximate surface area is 306 Å². The van der Waals surface area contributed by atoms with Gasteiger partial charge in [-0.25, -0.2) is 9.97 Å². The molecular formula is C36H44N12O5. The molecule has 5 N–H and O–H groups in total. The first-order chi connectivity index (χ1) is 25.6. The van der Waals surface area contributed by atoms with Crippen LogP contribution in [0.15, 0.2) is 36.8 Å². The summed E-state index contributed by atoms with van der Waals surface area (Å²) in [4.78, 5) is 79.5. The molecule has 3 aromatic rings. The lowest BCUT2D eigenvalue weighted by Gasteiger charge is -2.45. The molecule has 53 heavy (non-hydrogen) atoms. The van der Waals surface area contributed by atoms with Crippen LogP contribution in [0, 0.1) is 5.92 Å². The van der Waals surface area contributed by atoms with E-state index in [2.05, 4.69) is 40.7 Å². The molecule has 17 nitrogen and oxygen atoms in total. The zero-order chi connectivity index (χ0) is 36.8. The summed E-state index contributed by atoms with van der Waals surface area (Å²) in [5.41, 5.74) is 7.88. The van der Waals surface area contributed by atoms with Gasteiger partial charge in [0.05, 0.1) is 29.2 Å². The first-order valence-electron chi connectivity index (χ1n) is 18.4. The summed E-state index contributed by atoms with van der Waals surface area (Å²) in [5, 5.41) is 13.5. The minimum absolute atomic E-state index is 0.0863. The van der Waals surface area contributed by atoms with Crippen LogP contribution in [0.1, 0.15) is 69.7 Å². The summed E-state index contributed by atoms with van der Waals surface area (Å²) >= 11 is 0. The number of primary amides is 1. The third kappa shape index (κ3) is 7.05.